The number of rotatable bonds is 5. The predicted octanol–water partition coefficient (Wildman–Crippen LogP) is 2.71. The van der Waals surface area contributed by atoms with Gasteiger partial charge >= 0.3 is 5.97 Å². The first-order valence-electron chi connectivity index (χ1n) is 7.07. The van der Waals surface area contributed by atoms with Gasteiger partial charge in [0, 0.05) is 11.3 Å². The van der Waals surface area contributed by atoms with Crippen LogP contribution in [0.4, 0.5) is 11.4 Å². The molecule has 0 aliphatic carbocycles. The summed E-state index contributed by atoms with van der Waals surface area (Å²) in [5.74, 6) is -0.239. The van der Waals surface area contributed by atoms with E-state index in [0.717, 1.165) is 0 Å². The van der Waals surface area contributed by atoms with Crippen molar-refractivity contribution in [2.75, 3.05) is 24.8 Å². The van der Waals surface area contributed by atoms with Crippen LogP contribution in [0, 0.1) is 0 Å². The van der Waals surface area contributed by atoms with Crippen LogP contribution in [-0.4, -0.2) is 25.6 Å². The van der Waals surface area contributed by atoms with E-state index in [1.807, 2.05) is 0 Å². The molecule has 0 radical (unpaired) electrons. The minimum absolute atomic E-state index is 0.302. The number of amides is 1. The number of ether oxygens (including phenoxy) is 2. The molecule has 1 amide bonds. The number of benzene rings is 2. The fourth-order valence-electron chi connectivity index (χ4n) is 1.99. The van der Waals surface area contributed by atoms with Crippen molar-refractivity contribution in [3.05, 3.63) is 53.6 Å². The van der Waals surface area contributed by atoms with Gasteiger partial charge in [-0.05, 0) is 49.4 Å². The van der Waals surface area contributed by atoms with Gasteiger partial charge in [0.05, 0.1) is 25.0 Å². The van der Waals surface area contributed by atoms with Crippen molar-refractivity contribution in [1.29, 1.82) is 0 Å². The number of esters is 1. The lowest BCUT2D eigenvalue weighted by Gasteiger charge is -2.11. The summed E-state index contributed by atoms with van der Waals surface area (Å²) >= 11 is 0. The lowest BCUT2D eigenvalue weighted by atomic mass is 10.1. The quantitative estimate of drug-likeness (QED) is 0.654. The molecule has 120 valence electrons. The predicted molar refractivity (Wildman–Crippen MR) is 87.8 cm³/mol. The summed E-state index contributed by atoms with van der Waals surface area (Å²) in [6.07, 6.45) is 0. The average Bonchev–Trinajstić information content (AvgIpc) is 2.55. The van der Waals surface area contributed by atoms with Crippen LogP contribution in [0.5, 0.6) is 5.75 Å². The fraction of sp³-hybridized carbons (Fsp3) is 0.176. The molecule has 0 aliphatic heterocycles. The second kappa shape index (κ2) is 7.31. The van der Waals surface area contributed by atoms with E-state index in [0.29, 0.717) is 34.9 Å². The highest BCUT2D eigenvalue weighted by Gasteiger charge is 2.12. The summed E-state index contributed by atoms with van der Waals surface area (Å²) in [5.41, 5.74) is 7.51. The molecule has 0 aliphatic rings. The van der Waals surface area contributed by atoms with E-state index in [-0.39, 0.29) is 5.91 Å². The Balaban J connectivity index is 2.15. The summed E-state index contributed by atoms with van der Waals surface area (Å²) in [6.45, 7) is 2.04. The van der Waals surface area contributed by atoms with Crippen molar-refractivity contribution >= 4 is 23.3 Å². The second-order valence-corrected chi connectivity index (χ2v) is 4.71. The van der Waals surface area contributed by atoms with Gasteiger partial charge in [0.2, 0.25) is 0 Å². The van der Waals surface area contributed by atoms with Gasteiger partial charge in [0.15, 0.2) is 0 Å². The standard InChI is InChI=1S/C17H18N2O4/c1-3-23-17(21)12-6-4-11(5-7-12)16(20)19-14-10-13(18)8-9-15(14)22-2/h4-10H,3,18H2,1-2H3,(H,19,20). The summed E-state index contributed by atoms with van der Waals surface area (Å²) < 4.78 is 10.1. The Hall–Kier alpha value is -3.02. The molecule has 6 heteroatoms. The molecule has 0 bridgehead atoms. The molecular weight excluding hydrogens is 296 g/mol. The first kappa shape index (κ1) is 16.4. The Morgan fingerprint density at radius 1 is 1.09 bits per heavy atom. The fourth-order valence-corrected chi connectivity index (χ4v) is 1.99. The molecule has 6 nitrogen and oxygen atoms in total. The number of anilines is 2. The second-order valence-electron chi connectivity index (χ2n) is 4.71. The van der Waals surface area contributed by atoms with Gasteiger partial charge in [0.1, 0.15) is 5.75 Å². The highest BCUT2D eigenvalue weighted by Crippen LogP contribution is 2.27. The average molecular weight is 314 g/mol. The molecule has 2 aromatic rings. The summed E-state index contributed by atoms with van der Waals surface area (Å²) in [5, 5.41) is 2.73. The van der Waals surface area contributed by atoms with Gasteiger partial charge in [-0.15, -0.1) is 0 Å². The molecule has 0 heterocycles. The van der Waals surface area contributed by atoms with Crippen LogP contribution < -0.4 is 15.8 Å². The Morgan fingerprint density at radius 2 is 1.74 bits per heavy atom. The van der Waals surface area contributed by atoms with Crippen LogP contribution in [0.25, 0.3) is 0 Å². The highest BCUT2D eigenvalue weighted by atomic mass is 16.5. The van der Waals surface area contributed by atoms with E-state index < -0.39 is 5.97 Å². The van der Waals surface area contributed by atoms with E-state index in [1.165, 1.54) is 7.11 Å². The van der Waals surface area contributed by atoms with Crippen LogP contribution in [-0.2, 0) is 4.74 Å². The molecular formula is C17H18N2O4. The van der Waals surface area contributed by atoms with E-state index >= 15 is 0 Å². The van der Waals surface area contributed by atoms with Gasteiger partial charge in [-0.3, -0.25) is 4.79 Å². The number of nitrogens with two attached hydrogens (primary N) is 1. The van der Waals surface area contributed by atoms with Crippen LogP contribution in [0.15, 0.2) is 42.5 Å². The molecule has 0 saturated heterocycles. The molecule has 2 aromatic carbocycles. The summed E-state index contributed by atoms with van der Waals surface area (Å²) in [4.78, 5) is 23.9. The normalized spacial score (nSPS) is 10.0. The van der Waals surface area contributed by atoms with Crippen LogP contribution in [0.1, 0.15) is 27.6 Å². The van der Waals surface area contributed by atoms with Crippen LogP contribution in [0.2, 0.25) is 0 Å². The highest BCUT2D eigenvalue weighted by molar-refractivity contribution is 6.05. The summed E-state index contributed by atoms with van der Waals surface area (Å²) in [7, 11) is 1.51. The number of methoxy groups -OCH3 is 1. The van der Waals surface area contributed by atoms with Crippen LogP contribution >= 0.6 is 0 Å². The van der Waals surface area contributed by atoms with E-state index in [9.17, 15) is 9.59 Å². The SMILES string of the molecule is CCOC(=O)c1ccc(C(=O)Nc2cc(N)ccc2OC)cc1. The van der Waals surface area contributed by atoms with Crippen molar-refractivity contribution in [2.45, 2.75) is 6.92 Å². The lowest BCUT2D eigenvalue weighted by Crippen LogP contribution is -2.13. The third kappa shape index (κ3) is 4.00. The van der Waals surface area contributed by atoms with Crippen molar-refractivity contribution < 1.29 is 19.1 Å². The number of nitrogens with one attached hydrogen (secondary N) is 1. The maximum absolute atomic E-state index is 12.3. The van der Waals surface area contributed by atoms with Crippen LogP contribution in [0.3, 0.4) is 0 Å². The topological polar surface area (TPSA) is 90.7 Å². The number of hydrogen-bond acceptors (Lipinski definition) is 5. The Labute approximate surface area is 134 Å². The first-order valence-corrected chi connectivity index (χ1v) is 7.07. The minimum Gasteiger partial charge on any atom is -0.495 e. The number of carbonyl (C=O) groups excluding carboxylic acids is 2. The van der Waals surface area contributed by atoms with Gasteiger partial charge in [-0.25, -0.2) is 4.79 Å². The third-order valence-corrected chi connectivity index (χ3v) is 3.13. The van der Waals surface area contributed by atoms with Crippen molar-refractivity contribution in [3.8, 4) is 5.75 Å². The van der Waals surface area contributed by atoms with Crippen molar-refractivity contribution in [2.24, 2.45) is 0 Å². The molecule has 0 spiro atoms. The smallest absolute Gasteiger partial charge is 0.338 e. The molecule has 0 saturated carbocycles. The zero-order valence-corrected chi connectivity index (χ0v) is 13.0. The summed E-state index contributed by atoms with van der Waals surface area (Å²) in [6, 6.07) is 11.2. The Kier molecular flexibility index (Phi) is 5.19. The third-order valence-electron chi connectivity index (χ3n) is 3.13. The van der Waals surface area contributed by atoms with Gasteiger partial charge < -0.3 is 20.5 Å². The molecule has 3 N–H and O–H groups in total. The molecule has 2 rings (SSSR count). The zero-order chi connectivity index (χ0) is 16.8. The molecule has 0 unspecified atom stereocenters. The number of hydrogen-bond donors (Lipinski definition) is 2. The van der Waals surface area contributed by atoms with Crippen molar-refractivity contribution in [3.63, 3.8) is 0 Å². The van der Waals surface area contributed by atoms with Gasteiger partial charge in [-0.2, -0.15) is 0 Å². The maximum Gasteiger partial charge on any atom is 0.338 e. The number of carbonyl (C=O) groups is 2. The van der Waals surface area contributed by atoms with Gasteiger partial charge in [0.25, 0.3) is 5.91 Å². The minimum atomic E-state index is -0.419. The zero-order valence-electron chi connectivity index (χ0n) is 13.0. The molecule has 0 aromatic heterocycles. The molecule has 0 fully saturated rings. The monoisotopic (exact) mass is 314 g/mol. The van der Waals surface area contributed by atoms with E-state index in [1.54, 1.807) is 49.4 Å². The first-order chi connectivity index (χ1) is 11.0. The van der Waals surface area contributed by atoms with E-state index in [4.69, 9.17) is 15.2 Å². The Bertz CT molecular complexity index is 711. The van der Waals surface area contributed by atoms with Crippen molar-refractivity contribution in [1.82, 2.24) is 0 Å². The largest absolute Gasteiger partial charge is 0.495 e. The molecule has 23 heavy (non-hydrogen) atoms. The number of nitrogen functional groups attached to an aromatic ring is 1. The van der Waals surface area contributed by atoms with Gasteiger partial charge in [-0.1, -0.05) is 0 Å². The lowest BCUT2D eigenvalue weighted by molar-refractivity contribution is 0.0526. The maximum atomic E-state index is 12.3. The Morgan fingerprint density at radius 3 is 2.35 bits per heavy atom. The van der Waals surface area contributed by atoms with E-state index in [2.05, 4.69) is 5.32 Å². The molecule has 0 atom stereocenters.